The first kappa shape index (κ1) is 10.6. The molecule has 0 bridgehead atoms. The summed E-state index contributed by atoms with van der Waals surface area (Å²) in [4.78, 5) is 4.29. The lowest BCUT2D eigenvalue weighted by Gasteiger charge is -2.23. The van der Waals surface area contributed by atoms with Crippen molar-refractivity contribution in [2.45, 2.75) is 25.8 Å². The number of nitrogens with zero attached hydrogens (tertiary/aromatic N) is 1. The van der Waals surface area contributed by atoms with E-state index in [1.165, 1.54) is 24.3 Å². The highest BCUT2D eigenvalue weighted by atomic mass is 32.2. The van der Waals surface area contributed by atoms with E-state index in [-0.39, 0.29) is 0 Å². The molecule has 0 atom stereocenters. The van der Waals surface area contributed by atoms with Gasteiger partial charge in [-0.15, -0.1) is 0 Å². The van der Waals surface area contributed by atoms with Gasteiger partial charge in [0.05, 0.1) is 5.69 Å². The van der Waals surface area contributed by atoms with Gasteiger partial charge >= 0.3 is 0 Å². The molecular weight excluding hydrogens is 206 g/mol. The fourth-order valence-corrected chi connectivity index (χ4v) is 2.83. The minimum atomic E-state index is 0.544. The van der Waals surface area contributed by atoms with E-state index in [1.807, 2.05) is 30.9 Å². The largest absolute Gasteiger partial charge is 0.396 e. The van der Waals surface area contributed by atoms with Crippen LogP contribution in [0.3, 0.4) is 0 Å². The van der Waals surface area contributed by atoms with E-state index in [0.717, 1.165) is 17.1 Å². The molecule has 3 N–H and O–H groups in total. The second-order valence-electron chi connectivity index (χ2n) is 3.92. The van der Waals surface area contributed by atoms with Gasteiger partial charge < -0.3 is 11.1 Å². The van der Waals surface area contributed by atoms with E-state index in [9.17, 15) is 0 Å². The van der Waals surface area contributed by atoms with Crippen molar-refractivity contribution in [3.8, 4) is 0 Å². The summed E-state index contributed by atoms with van der Waals surface area (Å²) in [5.74, 6) is 3.33. The maximum absolute atomic E-state index is 5.97. The van der Waals surface area contributed by atoms with Crippen molar-refractivity contribution >= 4 is 23.3 Å². The molecule has 15 heavy (non-hydrogen) atoms. The summed E-state index contributed by atoms with van der Waals surface area (Å²) >= 11 is 2.02. The van der Waals surface area contributed by atoms with Crippen molar-refractivity contribution in [1.29, 1.82) is 0 Å². The van der Waals surface area contributed by atoms with Crippen LogP contribution in [0.25, 0.3) is 0 Å². The van der Waals surface area contributed by atoms with Crippen LogP contribution in [0.15, 0.2) is 12.3 Å². The number of nitrogens with one attached hydrogen (secondary N) is 1. The molecule has 2 heterocycles. The van der Waals surface area contributed by atoms with Crippen LogP contribution in [0.4, 0.5) is 11.5 Å². The van der Waals surface area contributed by atoms with Crippen LogP contribution in [0, 0.1) is 6.92 Å². The highest BCUT2D eigenvalue weighted by Gasteiger charge is 2.15. The lowest BCUT2D eigenvalue weighted by Crippen LogP contribution is -2.25. The van der Waals surface area contributed by atoms with Crippen LogP contribution in [0.1, 0.15) is 18.4 Å². The standard InChI is InChI=1S/C11H17N3S/c1-8-2-5-13-11(10(8)12)14-9-3-6-15-7-4-9/h2,5,9H,3-4,6-7,12H2,1H3,(H,13,14). The van der Waals surface area contributed by atoms with Crippen molar-refractivity contribution in [3.05, 3.63) is 17.8 Å². The van der Waals surface area contributed by atoms with Gasteiger partial charge in [0.2, 0.25) is 0 Å². The summed E-state index contributed by atoms with van der Waals surface area (Å²) in [5.41, 5.74) is 7.85. The van der Waals surface area contributed by atoms with Gasteiger partial charge in [-0.2, -0.15) is 11.8 Å². The predicted octanol–water partition coefficient (Wildman–Crippen LogP) is 2.28. The van der Waals surface area contributed by atoms with Gasteiger partial charge in [-0.3, -0.25) is 0 Å². The number of nitrogens with two attached hydrogens (primary N) is 1. The molecule has 1 aliphatic rings. The quantitative estimate of drug-likeness (QED) is 0.807. The first-order valence-electron chi connectivity index (χ1n) is 5.33. The second-order valence-corrected chi connectivity index (χ2v) is 5.15. The third-order valence-corrected chi connectivity index (χ3v) is 3.82. The number of anilines is 2. The first-order chi connectivity index (χ1) is 7.27. The topological polar surface area (TPSA) is 50.9 Å². The summed E-state index contributed by atoms with van der Waals surface area (Å²) in [6, 6.07) is 2.49. The Labute approximate surface area is 94.8 Å². The number of pyridine rings is 1. The van der Waals surface area contributed by atoms with Crippen molar-refractivity contribution < 1.29 is 0 Å². The van der Waals surface area contributed by atoms with Gasteiger partial charge in [-0.05, 0) is 42.9 Å². The summed E-state index contributed by atoms with van der Waals surface area (Å²) in [7, 11) is 0. The Bertz CT molecular complexity index is 335. The maximum atomic E-state index is 5.97. The number of aryl methyl sites for hydroxylation is 1. The number of aromatic nitrogens is 1. The van der Waals surface area contributed by atoms with Gasteiger partial charge in [0.25, 0.3) is 0 Å². The summed E-state index contributed by atoms with van der Waals surface area (Å²) in [6.45, 7) is 2.01. The van der Waals surface area contributed by atoms with E-state index in [1.54, 1.807) is 0 Å². The molecule has 0 saturated carbocycles. The minimum Gasteiger partial charge on any atom is -0.396 e. The Morgan fingerprint density at radius 3 is 2.93 bits per heavy atom. The van der Waals surface area contributed by atoms with Crippen LogP contribution in [-0.2, 0) is 0 Å². The molecule has 0 aliphatic carbocycles. The van der Waals surface area contributed by atoms with Gasteiger partial charge in [-0.1, -0.05) is 0 Å². The number of rotatable bonds is 2. The van der Waals surface area contributed by atoms with Gasteiger partial charge in [0.15, 0.2) is 0 Å². The Hall–Kier alpha value is -0.900. The Balaban J connectivity index is 2.06. The van der Waals surface area contributed by atoms with E-state index < -0.39 is 0 Å². The molecule has 0 aromatic carbocycles. The molecule has 0 spiro atoms. The normalized spacial score (nSPS) is 17.7. The lowest BCUT2D eigenvalue weighted by molar-refractivity contribution is 0.664. The minimum absolute atomic E-state index is 0.544. The van der Waals surface area contributed by atoms with Crippen LogP contribution < -0.4 is 11.1 Å². The maximum Gasteiger partial charge on any atom is 0.149 e. The van der Waals surface area contributed by atoms with Gasteiger partial charge in [-0.25, -0.2) is 4.98 Å². The average molecular weight is 223 g/mol. The molecule has 0 amide bonds. The molecule has 1 fully saturated rings. The van der Waals surface area contributed by atoms with Crippen LogP contribution in [-0.4, -0.2) is 22.5 Å². The van der Waals surface area contributed by atoms with Gasteiger partial charge in [0.1, 0.15) is 5.82 Å². The van der Waals surface area contributed by atoms with E-state index in [2.05, 4.69) is 10.3 Å². The second kappa shape index (κ2) is 4.75. The zero-order chi connectivity index (χ0) is 10.7. The van der Waals surface area contributed by atoms with Crippen molar-refractivity contribution in [2.24, 2.45) is 0 Å². The summed E-state index contributed by atoms with van der Waals surface area (Å²) in [6.07, 6.45) is 4.23. The Kier molecular flexibility index (Phi) is 3.36. The van der Waals surface area contributed by atoms with Crippen molar-refractivity contribution in [3.63, 3.8) is 0 Å². The Morgan fingerprint density at radius 2 is 2.20 bits per heavy atom. The first-order valence-corrected chi connectivity index (χ1v) is 6.48. The SMILES string of the molecule is Cc1ccnc(NC2CCSCC2)c1N. The molecule has 3 nitrogen and oxygen atoms in total. The van der Waals surface area contributed by atoms with Crippen molar-refractivity contribution in [2.75, 3.05) is 22.6 Å². The summed E-state index contributed by atoms with van der Waals surface area (Å²) in [5, 5.41) is 3.44. The van der Waals surface area contributed by atoms with E-state index in [4.69, 9.17) is 5.73 Å². The monoisotopic (exact) mass is 223 g/mol. The zero-order valence-corrected chi connectivity index (χ0v) is 9.81. The van der Waals surface area contributed by atoms with E-state index in [0.29, 0.717) is 6.04 Å². The highest BCUT2D eigenvalue weighted by molar-refractivity contribution is 7.99. The molecular formula is C11H17N3S. The fourth-order valence-electron chi connectivity index (χ4n) is 1.72. The number of hydrogen-bond donors (Lipinski definition) is 2. The lowest BCUT2D eigenvalue weighted by atomic mass is 10.1. The van der Waals surface area contributed by atoms with Crippen LogP contribution in [0.5, 0.6) is 0 Å². The molecule has 0 radical (unpaired) electrons. The molecule has 82 valence electrons. The number of nitrogen functional groups attached to an aromatic ring is 1. The smallest absolute Gasteiger partial charge is 0.149 e. The molecule has 1 aromatic heterocycles. The molecule has 1 aliphatic heterocycles. The van der Waals surface area contributed by atoms with Crippen molar-refractivity contribution in [1.82, 2.24) is 4.98 Å². The van der Waals surface area contributed by atoms with Crippen LogP contribution >= 0.6 is 11.8 Å². The van der Waals surface area contributed by atoms with E-state index >= 15 is 0 Å². The molecule has 4 heteroatoms. The van der Waals surface area contributed by atoms with Crippen LogP contribution in [0.2, 0.25) is 0 Å². The van der Waals surface area contributed by atoms with Gasteiger partial charge in [0, 0.05) is 12.2 Å². The number of thioether (sulfide) groups is 1. The molecule has 0 unspecified atom stereocenters. The highest BCUT2D eigenvalue weighted by Crippen LogP contribution is 2.24. The molecule has 1 aromatic rings. The summed E-state index contributed by atoms with van der Waals surface area (Å²) < 4.78 is 0. The predicted molar refractivity (Wildman–Crippen MR) is 67.4 cm³/mol. The number of hydrogen-bond acceptors (Lipinski definition) is 4. The zero-order valence-electron chi connectivity index (χ0n) is 8.99. The molecule has 1 saturated heterocycles. The third kappa shape index (κ3) is 2.56. The fraction of sp³-hybridized carbons (Fsp3) is 0.545. The third-order valence-electron chi connectivity index (χ3n) is 2.77. The molecule has 2 rings (SSSR count). The average Bonchev–Trinajstić information content (AvgIpc) is 2.26. The Morgan fingerprint density at radius 1 is 1.47 bits per heavy atom.